The number of rotatable bonds is 6. The third kappa shape index (κ3) is 4.14. The number of hydrogen-bond donors (Lipinski definition) is 2. The third-order valence-electron chi connectivity index (χ3n) is 3.55. The smallest absolute Gasteiger partial charge is 0.127 e. The fourth-order valence-corrected chi connectivity index (χ4v) is 2.53. The summed E-state index contributed by atoms with van der Waals surface area (Å²) in [4.78, 5) is 5.07. The normalized spacial score (nSPS) is 12.6. The maximum Gasteiger partial charge on any atom is 0.127 e. The lowest BCUT2D eigenvalue weighted by molar-refractivity contribution is 0.527. The van der Waals surface area contributed by atoms with Gasteiger partial charge in [-0.3, -0.25) is 0 Å². The average molecular weight is 301 g/mol. The van der Waals surface area contributed by atoms with Gasteiger partial charge in [-0.05, 0) is 37.8 Å². The molecule has 0 aliphatic heterocycles. The van der Waals surface area contributed by atoms with Gasteiger partial charge in [0.15, 0.2) is 0 Å². The molecule has 0 aliphatic rings. The van der Waals surface area contributed by atoms with Gasteiger partial charge in [-0.25, -0.2) is 4.98 Å². The number of aromatic nitrogens is 1. The molecule has 112 valence electrons. The first-order chi connectivity index (χ1) is 9.97. The molecule has 0 saturated carbocycles. The van der Waals surface area contributed by atoms with E-state index >= 15 is 0 Å². The van der Waals surface area contributed by atoms with Crippen molar-refractivity contribution in [3.8, 4) is 0 Å². The molecule has 0 saturated heterocycles. The molecule has 3 nitrogen and oxygen atoms in total. The van der Waals surface area contributed by atoms with Crippen molar-refractivity contribution in [2.45, 2.75) is 39.7 Å². The third-order valence-corrected chi connectivity index (χ3v) is 3.77. The second-order valence-corrected chi connectivity index (χ2v) is 6.39. The molecule has 0 spiro atoms. The summed E-state index contributed by atoms with van der Waals surface area (Å²) in [7, 11) is 0. The first kappa shape index (κ1) is 15.7. The van der Waals surface area contributed by atoms with Crippen molar-refractivity contribution in [2.75, 3.05) is 5.32 Å². The number of benzene rings is 1. The Morgan fingerprint density at radius 1 is 1.24 bits per heavy atom. The second kappa shape index (κ2) is 6.85. The van der Waals surface area contributed by atoms with Crippen LogP contribution in [0.5, 0.6) is 0 Å². The molecule has 2 aromatic rings. The van der Waals surface area contributed by atoms with Crippen molar-refractivity contribution in [3.63, 3.8) is 0 Å². The Morgan fingerprint density at radius 2 is 1.95 bits per heavy atom. The Hall–Kier alpha value is -1.68. The number of anilines is 1. The van der Waals surface area contributed by atoms with Crippen molar-refractivity contribution in [2.24, 2.45) is 11.7 Å². The van der Waals surface area contributed by atoms with E-state index in [1.807, 2.05) is 30.3 Å². The summed E-state index contributed by atoms with van der Waals surface area (Å²) in [5.41, 5.74) is 7.66. The second-order valence-electron chi connectivity index (χ2n) is 5.95. The maximum absolute atomic E-state index is 5.85. The highest BCUT2D eigenvalue weighted by atomic mass is 32.1. The quantitative estimate of drug-likeness (QED) is 0.789. The van der Waals surface area contributed by atoms with Crippen LogP contribution in [0.4, 0.5) is 5.82 Å². The summed E-state index contributed by atoms with van der Waals surface area (Å²) in [6, 6.07) is 10.3. The standard InChI is InChI=1S/C17H23N3S/c1-11(2)8-9-12(3)19-16-10-14(17(18)21)13-6-4-5-7-15(13)20-16/h4-7,10-12H,8-9H2,1-3H3,(H2,18,21)(H,19,20). The molecule has 1 aromatic carbocycles. The van der Waals surface area contributed by atoms with Crippen molar-refractivity contribution < 1.29 is 0 Å². The van der Waals surface area contributed by atoms with E-state index < -0.39 is 0 Å². The number of para-hydroxylation sites is 1. The van der Waals surface area contributed by atoms with Crippen LogP contribution >= 0.6 is 12.2 Å². The van der Waals surface area contributed by atoms with Crippen LogP contribution in [0.1, 0.15) is 39.2 Å². The van der Waals surface area contributed by atoms with Crippen LogP contribution in [0.25, 0.3) is 10.9 Å². The SMILES string of the molecule is CC(C)CCC(C)Nc1cc(C(N)=S)c2ccccc2n1. The first-order valence-corrected chi connectivity index (χ1v) is 7.84. The highest BCUT2D eigenvalue weighted by Crippen LogP contribution is 2.22. The van der Waals surface area contributed by atoms with Crippen LogP contribution in [-0.2, 0) is 0 Å². The molecule has 2 rings (SSSR count). The molecule has 3 N–H and O–H groups in total. The first-order valence-electron chi connectivity index (χ1n) is 7.43. The number of pyridine rings is 1. The lowest BCUT2D eigenvalue weighted by Gasteiger charge is -2.17. The Kier molecular flexibility index (Phi) is 5.12. The van der Waals surface area contributed by atoms with E-state index in [0.717, 1.165) is 28.7 Å². The summed E-state index contributed by atoms with van der Waals surface area (Å²) in [5, 5.41) is 4.46. The van der Waals surface area contributed by atoms with Crippen LogP contribution in [0.3, 0.4) is 0 Å². The number of nitrogens with one attached hydrogen (secondary N) is 1. The van der Waals surface area contributed by atoms with Gasteiger partial charge < -0.3 is 11.1 Å². The monoisotopic (exact) mass is 301 g/mol. The summed E-state index contributed by atoms with van der Waals surface area (Å²) in [5.74, 6) is 1.55. The van der Waals surface area contributed by atoms with Crippen LogP contribution in [0, 0.1) is 5.92 Å². The van der Waals surface area contributed by atoms with Gasteiger partial charge >= 0.3 is 0 Å². The van der Waals surface area contributed by atoms with E-state index in [4.69, 9.17) is 18.0 Å². The van der Waals surface area contributed by atoms with Gasteiger partial charge in [-0.15, -0.1) is 0 Å². The molecule has 0 radical (unpaired) electrons. The van der Waals surface area contributed by atoms with Crippen molar-refractivity contribution >= 4 is 33.9 Å². The molecular weight excluding hydrogens is 278 g/mol. The number of thiocarbonyl (C=S) groups is 1. The molecule has 0 aliphatic carbocycles. The minimum atomic E-state index is 0.375. The Bertz CT molecular complexity index is 637. The van der Waals surface area contributed by atoms with Gasteiger partial charge in [-0.2, -0.15) is 0 Å². The number of hydrogen-bond acceptors (Lipinski definition) is 3. The van der Waals surface area contributed by atoms with Gasteiger partial charge in [0, 0.05) is 17.0 Å². The van der Waals surface area contributed by atoms with E-state index in [1.54, 1.807) is 0 Å². The number of nitrogens with zero attached hydrogens (tertiary/aromatic N) is 1. The predicted octanol–water partition coefficient (Wildman–Crippen LogP) is 4.11. The van der Waals surface area contributed by atoms with Gasteiger partial charge in [0.1, 0.15) is 10.8 Å². The largest absolute Gasteiger partial charge is 0.389 e. The molecule has 1 atom stereocenters. The summed E-state index contributed by atoms with van der Waals surface area (Å²) in [6.07, 6.45) is 2.32. The lowest BCUT2D eigenvalue weighted by atomic mass is 10.0. The molecule has 21 heavy (non-hydrogen) atoms. The zero-order valence-electron chi connectivity index (χ0n) is 12.9. The average Bonchev–Trinajstić information content (AvgIpc) is 2.44. The van der Waals surface area contributed by atoms with Crippen LogP contribution in [-0.4, -0.2) is 16.0 Å². The fraction of sp³-hybridized carbons (Fsp3) is 0.412. The van der Waals surface area contributed by atoms with Crippen molar-refractivity contribution in [3.05, 3.63) is 35.9 Å². The zero-order chi connectivity index (χ0) is 15.4. The lowest BCUT2D eigenvalue weighted by Crippen LogP contribution is -2.18. The molecule has 1 aromatic heterocycles. The number of fused-ring (bicyclic) bond motifs is 1. The van der Waals surface area contributed by atoms with E-state index in [-0.39, 0.29) is 0 Å². The van der Waals surface area contributed by atoms with Crippen LogP contribution in [0.15, 0.2) is 30.3 Å². The molecule has 0 amide bonds. The molecule has 0 fully saturated rings. The highest BCUT2D eigenvalue weighted by Gasteiger charge is 2.10. The fourth-order valence-electron chi connectivity index (χ4n) is 2.36. The molecule has 0 bridgehead atoms. The Morgan fingerprint density at radius 3 is 2.62 bits per heavy atom. The van der Waals surface area contributed by atoms with Gasteiger partial charge in [0.25, 0.3) is 0 Å². The molecular formula is C17H23N3S. The zero-order valence-corrected chi connectivity index (χ0v) is 13.7. The summed E-state index contributed by atoms with van der Waals surface area (Å²) < 4.78 is 0. The van der Waals surface area contributed by atoms with Crippen LogP contribution < -0.4 is 11.1 Å². The number of nitrogens with two attached hydrogens (primary N) is 1. The molecule has 1 heterocycles. The maximum atomic E-state index is 5.85. The van der Waals surface area contributed by atoms with E-state index in [2.05, 4.69) is 31.1 Å². The minimum absolute atomic E-state index is 0.375. The van der Waals surface area contributed by atoms with Crippen LogP contribution in [0.2, 0.25) is 0 Å². The van der Waals surface area contributed by atoms with Gasteiger partial charge in [-0.1, -0.05) is 44.3 Å². The molecule has 4 heteroatoms. The predicted molar refractivity (Wildman–Crippen MR) is 94.8 cm³/mol. The van der Waals surface area contributed by atoms with Crippen molar-refractivity contribution in [1.29, 1.82) is 0 Å². The van der Waals surface area contributed by atoms with E-state index in [0.29, 0.717) is 16.9 Å². The summed E-state index contributed by atoms with van der Waals surface area (Å²) >= 11 is 5.17. The highest BCUT2D eigenvalue weighted by molar-refractivity contribution is 7.80. The van der Waals surface area contributed by atoms with Crippen molar-refractivity contribution in [1.82, 2.24) is 4.98 Å². The van der Waals surface area contributed by atoms with Gasteiger partial charge in [0.05, 0.1) is 5.52 Å². The Labute approximate surface area is 132 Å². The minimum Gasteiger partial charge on any atom is -0.389 e. The van der Waals surface area contributed by atoms with E-state index in [1.165, 1.54) is 6.42 Å². The Balaban J connectivity index is 2.26. The molecule has 1 unspecified atom stereocenters. The van der Waals surface area contributed by atoms with Gasteiger partial charge in [0.2, 0.25) is 0 Å². The topological polar surface area (TPSA) is 50.9 Å². The summed E-state index contributed by atoms with van der Waals surface area (Å²) in [6.45, 7) is 6.66. The van der Waals surface area contributed by atoms with E-state index in [9.17, 15) is 0 Å².